The number of carbonyl (C=O) groups excluding carboxylic acids is 2. The summed E-state index contributed by atoms with van der Waals surface area (Å²) in [5.74, 6) is -1.52. The number of carboxylic acid groups (broad SMARTS) is 1. The highest BCUT2D eigenvalue weighted by Gasteiger charge is 2.27. The molecule has 3 N–H and O–H groups in total. The summed E-state index contributed by atoms with van der Waals surface area (Å²) in [6.07, 6.45) is 2.47. The van der Waals surface area contributed by atoms with E-state index in [0.717, 1.165) is 5.56 Å². The fourth-order valence-electron chi connectivity index (χ4n) is 3.44. The number of rotatable bonds is 5. The standard InChI is InChI=1S/C22H24N2O4/c1-14-7-8-17(13-19(14)24-20(25)15-5-3-2-4-6-15)21(26)23-18-11-9-16(10-12-18)22(27)28/h2-8,13,16,18H,9-12H2,1H3,(H,23,26)(H,24,25)(H,27,28). The molecular formula is C22H24N2O4. The Morgan fingerprint density at radius 3 is 2.21 bits per heavy atom. The van der Waals surface area contributed by atoms with Crippen LogP contribution >= 0.6 is 0 Å². The van der Waals surface area contributed by atoms with E-state index in [0.29, 0.717) is 42.5 Å². The van der Waals surface area contributed by atoms with Crippen molar-refractivity contribution in [2.24, 2.45) is 5.92 Å². The lowest BCUT2D eigenvalue weighted by Crippen LogP contribution is -2.38. The van der Waals surface area contributed by atoms with E-state index in [1.54, 1.807) is 42.5 Å². The van der Waals surface area contributed by atoms with Gasteiger partial charge in [-0.25, -0.2) is 0 Å². The Balaban J connectivity index is 1.65. The Hall–Kier alpha value is -3.15. The molecule has 1 saturated carbocycles. The van der Waals surface area contributed by atoms with Gasteiger partial charge in [0.25, 0.3) is 11.8 Å². The molecule has 2 aromatic carbocycles. The summed E-state index contributed by atoms with van der Waals surface area (Å²) in [4.78, 5) is 36.0. The van der Waals surface area contributed by atoms with Gasteiger partial charge in [-0.1, -0.05) is 24.3 Å². The molecule has 6 heteroatoms. The van der Waals surface area contributed by atoms with Crippen LogP contribution in [0.5, 0.6) is 0 Å². The zero-order valence-electron chi connectivity index (χ0n) is 15.8. The van der Waals surface area contributed by atoms with E-state index in [4.69, 9.17) is 5.11 Å². The van der Waals surface area contributed by atoms with Gasteiger partial charge in [-0.15, -0.1) is 0 Å². The number of anilines is 1. The molecule has 0 atom stereocenters. The topological polar surface area (TPSA) is 95.5 Å². The first-order valence-corrected chi connectivity index (χ1v) is 9.45. The number of hydrogen-bond acceptors (Lipinski definition) is 3. The molecule has 0 saturated heterocycles. The maximum Gasteiger partial charge on any atom is 0.306 e. The zero-order chi connectivity index (χ0) is 20.1. The van der Waals surface area contributed by atoms with Gasteiger partial charge in [0.05, 0.1) is 5.92 Å². The van der Waals surface area contributed by atoms with Crippen molar-refractivity contribution in [3.05, 3.63) is 65.2 Å². The maximum absolute atomic E-state index is 12.6. The second kappa shape index (κ2) is 8.69. The molecule has 146 valence electrons. The average molecular weight is 380 g/mol. The molecule has 0 spiro atoms. The number of carboxylic acids is 1. The number of aryl methyl sites for hydroxylation is 1. The first-order chi connectivity index (χ1) is 13.4. The van der Waals surface area contributed by atoms with Crippen molar-refractivity contribution >= 4 is 23.5 Å². The van der Waals surface area contributed by atoms with Crippen LogP contribution in [0.25, 0.3) is 0 Å². The first kappa shape index (κ1) is 19.6. The molecule has 0 heterocycles. The van der Waals surface area contributed by atoms with E-state index >= 15 is 0 Å². The minimum absolute atomic E-state index is 0.0215. The van der Waals surface area contributed by atoms with Crippen molar-refractivity contribution in [2.75, 3.05) is 5.32 Å². The van der Waals surface area contributed by atoms with Crippen LogP contribution in [-0.4, -0.2) is 28.9 Å². The Morgan fingerprint density at radius 1 is 0.893 bits per heavy atom. The van der Waals surface area contributed by atoms with Gasteiger partial charge in [0.1, 0.15) is 0 Å². The average Bonchev–Trinajstić information content (AvgIpc) is 2.70. The van der Waals surface area contributed by atoms with E-state index in [2.05, 4.69) is 10.6 Å². The molecular weight excluding hydrogens is 356 g/mol. The summed E-state index contributed by atoms with van der Waals surface area (Å²) in [5.41, 5.74) is 2.47. The predicted octanol–water partition coefficient (Wildman–Crippen LogP) is 3.62. The van der Waals surface area contributed by atoms with Crippen LogP contribution in [-0.2, 0) is 4.79 Å². The molecule has 0 bridgehead atoms. The largest absolute Gasteiger partial charge is 0.481 e. The van der Waals surface area contributed by atoms with Crippen molar-refractivity contribution in [3.8, 4) is 0 Å². The molecule has 2 aromatic rings. The third-order valence-corrected chi connectivity index (χ3v) is 5.20. The monoisotopic (exact) mass is 380 g/mol. The summed E-state index contributed by atoms with van der Waals surface area (Å²) in [6, 6.07) is 14.1. The zero-order valence-corrected chi connectivity index (χ0v) is 15.8. The fraction of sp³-hybridized carbons (Fsp3) is 0.318. The Kier molecular flexibility index (Phi) is 6.09. The van der Waals surface area contributed by atoms with Gasteiger partial charge in [0, 0.05) is 22.9 Å². The number of carbonyl (C=O) groups is 3. The number of aliphatic carboxylic acids is 1. The Bertz CT molecular complexity index is 871. The van der Waals surface area contributed by atoms with E-state index < -0.39 is 5.97 Å². The Labute approximate surface area is 164 Å². The van der Waals surface area contributed by atoms with Crippen molar-refractivity contribution in [2.45, 2.75) is 38.6 Å². The van der Waals surface area contributed by atoms with Gasteiger partial charge in [-0.3, -0.25) is 14.4 Å². The highest BCUT2D eigenvalue weighted by Crippen LogP contribution is 2.25. The lowest BCUT2D eigenvalue weighted by Gasteiger charge is -2.26. The van der Waals surface area contributed by atoms with Crippen molar-refractivity contribution < 1.29 is 19.5 Å². The fourth-order valence-corrected chi connectivity index (χ4v) is 3.44. The van der Waals surface area contributed by atoms with E-state index in [1.165, 1.54) is 0 Å². The van der Waals surface area contributed by atoms with E-state index in [-0.39, 0.29) is 23.8 Å². The van der Waals surface area contributed by atoms with Crippen LogP contribution < -0.4 is 10.6 Å². The Morgan fingerprint density at radius 2 is 1.57 bits per heavy atom. The summed E-state index contributed by atoms with van der Waals surface area (Å²) in [7, 11) is 0. The third kappa shape index (κ3) is 4.76. The van der Waals surface area contributed by atoms with Crippen LogP contribution in [0, 0.1) is 12.8 Å². The van der Waals surface area contributed by atoms with Crippen molar-refractivity contribution in [1.82, 2.24) is 5.32 Å². The summed E-state index contributed by atoms with van der Waals surface area (Å²) in [6.45, 7) is 1.87. The lowest BCUT2D eigenvalue weighted by molar-refractivity contribution is -0.142. The normalized spacial score (nSPS) is 18.9. The quantitative estimate of drug-likeness (QED) is 0.738. The molecule has 1 fully saturated rings. The molecule has 0 aliphatic heterocycles. The molecule has 2 amide bonds. The third-order valence-electron chi connectivity index (χ3n) is 5.20. The van der Waals surface area contributed by atoms with Gasteiger partial charge in [-0.05, 0) is 62.4 Å². The summed E-state index contributed by atoms with van der Waals surface area (Å²) >= 11 is 0. The van der Waals surface area contributed by atoms with Crippen LogP contribution in [0.1, 0.15) is 52.0 Å². The van der Waals surface area contributed by atoms with Crippen LogP contribution in [0.2, 0.25) is 0 Å². The summed E-state index contributed by atoms with van der Waals surface area (Å²) < 4.78 is 0. The molecule has 1 aliphatic rings. The van der Waals surface area contributed by atoms with Gasteiger partial charge in [0.2, 0.25) is 0 Å². The summed E-state index contributed by atoms with van der Waals surface area (Å²) in [5, 5.41) is 14.9. The van der Waals surface area contributed by atoms with Gasteiger partial charge < -0.3 is 15.7 Å². The van der Waals surface area contributed by atoms with E-state index in [1.807, 2.05) is 13.0 Å². The second-order valence-corrected chi connectivity index (χ2v) is 7.21. The maximum atomic E-state index is 12.6. The van der Waals surface area contributed by atoms with Gasteiger partial charge in [-0.2, -0.15) is 0 Å². The molecule has 1 aliphatic carbocycles. The van der Waals surface area contributed by atoms with Crippen LogP contribution in [0.15, 0.2) is 48.5 Å². The number of amides is 2. The molecule has 0 aromatic heterocycles. The molecule has 0 unspecified atom stereocenters. The number of benzene rings is 2. The first-order valence-electron chi connectivity index (χ1n) is 9.45. The number of hydrogen-bond donors (Lipinski definition) is 3. The molecule has 3 rings (SSSR count). The smallest absolute Gasteiger partial charge is 0.306 e. The second-order valence-electron chi connectivity index (χ2n) is 7.21. The highest BCUT2D eigenvalue weighted by atomic mass is 16.4. The molecule has 28 heavy (non-hydrogen) atoms. The van der Waals surface area contributed by atoms with Crippen LogP contribution in [0.3, 0.4) is 0 Å². The van der Waals surface area contributed by atoms with Gasteiger partial charge >= 0.3 is 5.97 Å². The highest BCUT2D eigenvalue weighted by molar-refractivity contribution is 6.05. The van der Waals surface area contributed by atoms with E-state index in [9.17, 15) is 14.4 Å². The molecule has 0 radical (unpaired) electrons. The minimum atomic E-state index is -0.762. The van der Waals surface area contributed by atoms with Crippen molar-refractivity contribution in [3.63, 3.8) is 0 Å². The van der Waals surface area contributed by atoms with Gasteiger partial charge in [0.15, 0.2) is 0 Å². The van der Waals surface area contributed by atoms with Crippen LogP contribution in [0.4, 0.5) is 5.69 Å². The number of nitrogens with one attached hydrogen (secondary N) is 2. The minimum Gasteiger partial charge on any atom is -0.481 e. The SMILES string of the molecule is Cc1ccc(C(=O)NC2CCC(C(=O)O)CC2)cc1NC(=O)c1ccccc1. The molecule has 6 nitrogen and oxygen atoms in total. The predicted molar refractivity (Wildman–Crippen MR) is 106 cm³/mol. The lowest BCUT2D eigenvalue weighted by atomic mass is 9.86. The van der Waals surface area contributed by atoms with Crippen molar-refractivity contribution in [1.29, 1.82) is 0 Å².